The first-order chi connectivity index (χ1) is 31.7. The SMILES string of the molecule is C[C@H](NC(=O)[C@H](Cc1ccc(O)cc1)NC(=O)[C@H](CC(=O)O)NC(=O)[C@H](CC(=O)O)NC(=O)[C@H](Cc1ccccc1)NC(=O)[C@@H](NC(=O)[C@H](Cc1ccccc1)NC(=O)CN)[C@@H](C)O)C(=O)O. The molecule has 8 atom stereocenters. The molecule has 3 aromatic rings. The third-order valence-electron chi connectivity index (χ3n) is 9.86. The summed E-state index contributed by atoms with van der Waals surface area (Å²) in [5.74, 6) is -12.5. The molecule has 14 N–H and O–H groups in total. The summed E-state index contributed by atoms with van der Waals surface area (Å²) >= 11 is 0. The summed E-state index contributed by atoms with van der Waals surface area (Å²) in [6.07, 6.45) is -4.56. The van der Waals surface area contributed by atoms with Crippen LogP contribution in [0.3, 0.4) is 0 Å². The molecule has 0 radical (unpaired) electrons. The van der Waals surface area contributed by atoms with E-state index in [4.69, 9.17) is 5.73 Å². The number of nitrogens with one attached hydrogen (secondary N) is 7. The van der Waals surface area contributed by atoms with Crippen molar-refractivity contribution in [2.75, 3.05) is 6.54 Å². The Morgan fingerprint density at radius 1 is 0.478 bits per heavy atom. The van der Waals surface area contributed by atoms with Crippen LogP contribution in [0.15, 0.2) is 84.9 Å². The predicted molar refractivity (Wildman–Crippen MR) is 234 cm³/mol. The van der Waals surface area contributed by atoms with Crippen LogP contribution in [0.1, 0.15) is 43.4 Å². The Morgan fingerprint density at radius 2 is 0.836 bits per heavy atom. The monoisotopic (exact) mass is 934 g/mol. The molecular weight excluding hydrogens is 881 g/mol. The third-order valence-corrected chi connectivity index (χ3v) is 9.86. The molecule has 0 spiro atoms. The van der Waals surface area contributed by atoms with Gasteiger partial charge >= 0.3 is 17.9 Å². The number of amides is 7. The largest absolute Gasteiger partial charge is 0.508 e. The highest BCUT2D eigenvalue weighted by molar-refractivity contribution is 5.99. The second-order valence-corrected chi connectivity index (χ2v) is 15.3. The second-order valence-electron chi connectivity index (χ2n) is 15.3. The van der Waals surface area contributed by atoms with Crippen molar-refractivity contribution in [3.8, 4) is 5.75 Å². The maximum atomic E-state index is 14.0. The van der Waals surface area contributed by atoms with Crippen LogP contribution >= 0.6 is 0 Å². The quantitative estimate of drug-likeness (QED) is 0.0387. The highest BCUT2D eigenvalue weighted by Crippen LogP contribution is 2.13. The van der Waals surface area contributed by atoms with Crippen LogP contribution in [-0.4, -0.2) is 140 Å². The first-order valence-corrected chi connectivity index (χ1v) is 20.7. The summed E-state index contributed by atoms with van der Waals surface area (Å²) < 4.78 is 0. The van der Waals surface area contributed by atoms with Gasteiger partial charge in [0, 0.05) is 19.3 Å². The van der Waals surface area contributed by atoms with Gasteiger partial charge in [-0.15, -0.1) is 0 Å². The van der Waals surface area contributed by atoms with E-state index < -0.39 is 127 Å². The lowest BCUT2D eigenvalue weighted by Crippen LogP contribution is -2.62. The van der Waals surface area contributed by atoms with Gasteiger partial charge in [-0.25, -0.2) is 0 Å². The molecule has 0 bridgehead atoms. The summed E-state index contributed by atoms with van der Waals surface area (Å²) in [6.45, 7) is 1.83. The number of hydrogen-bond donors (Lipinski definition) is 13. The number of aromatic hydroxyl groups is 1. The zero-order chi connectivity index (χ0) is 49.8. The van der Waals surface area contributed by atoms with Crippen molar-refractivity contribution in [1.82, 2.24) is 37.2 Å². The van der Waals surface area contributed by atoms with Gasteiger partial charge in [0.2, 0.25) is 41.4 Å². The average Bonchev–Trinajstić information content (AvgIpc) is 3.27. The molecule has 23 nitrogen and oxygen atoms in total. The maximum absolute atomic E-state index is 14.0. The Morgan fingerprint density at radius 3 is 1.24 bits per heavy atom. The molecule has 3 aromatic carbocycles. The summed E-state index contributed by atoms with van der Waals surface area (Å²) in [4.78, 5) is 130. The van der Waals surface area contributed by atoms with Crippen molar-refractivity contribution in [3.63, 3.8) is 0 Å². The smallest absolute Gasteiger partial charge is 0.325 e. The number of carbonyl (C=O) groups is 10. The van der Waals surface area contributed by atoms with Crippen LogP contribution in [0.4, 0.5) is 0 Å². The van der Waals surface area contributed by atoms with Crippen LogP contribution in [0, 0.1) is 0 Å². The molecule has 0 aliphatic rings. The molecular formula is C44H54N8O15. The number of rotatable bonds is 26. The number of phenolic OH excluding ortho intramolecular Hbond substituents is 1. The number of carboxylic acid groups (broad SMARTS) is 3. The van der Waals surface area contributed by atoms with Gasteiger partial charge in [0.05, 0.1) is 25.5 Å². The predicted octanol–water partition coefficient (Wildman–Crippen LogP) is -2.79. The molecule has 360 valence electrons. The second kappa shape index (κ2) is 26.1. The van der Waals surface area contributed by atoms with E-state index in [0.29, 0.717) is 16.7 Å². The number of aliphatic hydroxyl groups excluding tert-OH is 1. The summed E-state index contributed by atoms with van der Waals surface area (Å²) in [5, 5.41) is 65.1. The molecule has 0 heterocycles. The number of carboxylic acids is 3. The lowest BCUT2D eigenvalue weighted by atomic mass is 10.0. The Labute approximate surface area is 383 Å². The number of aliphatic hydroxyl groups is 1. The van der Waals surface area contributed by atoms with Gasteiger partial charge in [-0.3, -0.25) is 47.9 Å². The average molecular weight is 935 g/mol. The molecule has 0 aromatic heterocycles. The fourth-order valence-electron chi connectivity index (χ4n) is 6.33. The minimum absolute atomic E-state index is 0.0462. The molecule has 0 fully saturated rings. The van der Waals surface area contributed by atoms with Crippen LogP contribution in [-0.2, 0) is 67.2 Å². The molecule has 0 aliphatic carbocycles. The molecule has 0 aliphatic heterocycles. The molecule has 0 saturated carbocycles. The van der Waals surface area contributed by atoms with Crippen LogP contribution in [0.2, 0.25) is 0 Å². The Bertz CT molecular complexity index is 2230. The Hall–Kier alpha value is -7.92. The Balaban J connectivity index is 1.90. The molecule has 3 rings (SSSR count). The summed E-state index contributed by atoms with van der Waals surface area (Å²) in [6, 6.07) is 10.0. The lowest BCUT2D eigenvalue weighted by molar-refractivity contribution is -0.144. The van der Waals surface area contributed by atoms with Gasteiger partial charge in [-0.2, -0.15) is 0 Å². The van der Waals surface area contributed by atoms with Crippen molar-refractivity contribution >= 4 is 59.3 Å². The van der Waals surface area contributed by atoms with Crippen LogP contribution < -0.4 is 43.0 Å². The fraction of sp³-hybridized carbons (Fsp3) is 0.364. The zero-order valence-corrected chi connectivity index (χ0v) is 36.3. The van der Waals surface area contributed by atoms with Gasteiger partial charge in [0.25, 0.3) is 0 Å². The number of hydrogen-bond acceptors (Lipinski definition) is 13. The van der Waals surface area contributed by atoms with Gasteiger partial charge in [0.1, 0.15) is 48.0 Å². The van der Waals surface area contributed by atoms with Crippen molar-refractivity contribution < 1.29 is 73.5 Å². The normalized spacial score (nSPS) is 14.4. The summed E-state index contributed by atoms with van der Waals surface area (Å²) in [5.41, 5.74) is 6.86. The first kappa shape index (κ1) is 53.4. The molecule has 0 unspecified atom stereocenters. The topological polar surface area (TPSA) is 382 Å². The van der Waals surface area contributed by atoms with Gasteiger partial charge in [0.15, 0.2) is 0 Å². The van der Waals surface area contributed by atoms with Crippen molar-refractivity contribution in [3.05, 3.63) is 102 Å². The highest BCUT2D eigenvalue weighted by Gasteiger charge is 2.36. The van der Waals surface area contributed by atoms with E-state index in [1.165, 1.54) is 24.3 Å². The van der Waals surface area contributed by atoms with Crippen LogP contribution in [0.5, 0.6) is 5.75 Å². The number of carbonyl (C=O) groups excluding carboxylic acids is 7. The number of nitrogens with two attached hydrogens (primary N) is 1. The van der Waals surface area contributed by atoms with Crippen molar-refractivity contribution in [2.24, 2.45) is 5.73 Å². The standard InChI is InChI=1S/C44H54N8O15/c1-23(44(66)67)46-38(60)30(19-27-13-15-28(54)16-14-27)48-40(62)32(20-35(56)57)50-41(63)33(21-36(58)59)49-39(61)31(18-26-11-7-4-8-12-26)51-43(65)37(24(2)53)52-42(64)29(47-34(55)22-45)17-25-9-5-3-6-10-25/h3-16,23-24,29-33,37,53-54H,17-22,45H2,1-2H3,(H,46,60)(H,47,55)(H,48,62)(H,49,61)(H,50,63)(H,51,65)(H,52,64)(H,56,57)(H,58,59)(H,66,67)/t23-,24+,29-,30-,31-,32-,33-,37-/m0/s1. The van der Waals surface area contributed by atoms with Gasteiger partial charge in [-0.05, 0) is 42.7 Å². The molecule has 0 saturated heterocycles. The van der Waals surface area contributed by atoms with E-state index in [1.807, 2.05) is 0 Å². The van der Waals surface area contributed by atoms with Crippen molar-refractivity contribution in [1.29, 1.82) is 0 Å². The van der Waals surface area contributed by atoms with E-state index in [0.717, 1.165) is 13.8 Å². The van der Waals surface area contributed by atoms with E-state index in [1.54, 1.807) is 60.7 Å². The van der Waals surface area contributed by atoms with Gasteiger partial charge in [-0.1, -0.05) is 72.8 Å². The van der Waals surface area contributed by atoms with Crippen molar-refractivity contribution in [2.45, 2.75) is 94.3 Å². The molecule has 7 amide bonds. The van der Waals surface area contributed by atoms with Gasteiger partial charge < -0.3 is 68.5 Å². The first-order valence-electron chi connectivity index (χ1n) is 20.7. The minimum atomic E-state index is -2.05. The summed E-state index contributed by atoms with van der Waals surface area (Å²) in [7, 11) is 0. The van der Waals surface area contributed by atoms with E-state index >= 15 is 0 Å². The highest BCUT2D eigenvalue weighted by atomic mass is 16.4. The third kappa shape index (κ3) is 18.2. The number of phenols is 1. The van der Waals surface area contributed by atoms with E-state index in [-0.39, 0.29) is 25.0 Å². The molecule has 67 heavy (non-hydrogen) atoms. The minimum Gasteiger partial charge on any atom is -0.508 e. The number of benzene rings is 3. The maximum Gasteiger partial charge on any atom is 0.325 e. The molecule has 23 heteroatoms. The van der Waals surface area contributed by atoms with Crippen LogP contribution in [0.25, 0.3) is 0 Å². The van der Waals surface area contributed by atoms with E-state index in [9.17, 15) is 73.5 Å². The number of aliphatic carboxylic acids is 3. The lowest BCUT2D eigenvalue weighted by Gasteiger charge is -2.28. The van der Waals surface area contributed by atoms with E-state index in [2.05, 4.69) is 37.2 Å². The Kier molecular flexibility index (Phi) is 20.8. The fourth-order valence-corrected chi connectivity index (χ4v) is 6.33. The zero-order valence-electron chi connectivity index (χ0n) is 36.3.